The molecule has 0 saturated heterocycles. The van der Waals surface area contributed by atoms with Crippen LogP contribution in [0.25, 0.3) is 10.9 Å². The van der Waals surface area contributed by atoms with Gasteiger partial charge in [-0.15, -0.1) is 0 Å². The maximum atomic E-state index is 12.8. The summed E-state index contributed by atoms with van der Waals surface area (Å²) in [5, 5.41) is 1.13. The lowest BCUT2D eigenvalue weighted by atomic mass is 9.86. The zero-order valence-electron chi connectivity index (χ0n) is 21.6. The first-order valence-corrected chi connectivity index (χ1v) is 13.2. The van der Waals surface area contributed by atoms with Crippen LogP contribution in [0.2, 0.25) is 0 Å². The maximum absolute atomic E-state index is 12.8. The fourth-order valence-electron chi connectivity index (χ4n) is 5.19. The molecule has 0 aliphatic rings. The fraction of sp³-hybridized carbons (Fsp3) is 0.212. The van der Waals surface area contributed by atoms with Crippen molar-refractivity contribution in [1.82, 2.24) is 9.13 Å². The smallest absolute Gasteiger partial charge is 0.325 e. The van der Waals surface area contributed by atoms with Gasteiger partial charge in [0.05, 0.1) is 6.61 Å². The molecule has 0 bridgehead atoms. The largest absolute Gasteiger partial charge is 0.465 e. The number of benzene rings is 3. The van der Waals surface area contributed by atoms with Crippen LogP contribution in [0.3, 0.4) is 0 Å². The molecule has 0 amide bonds. The molecule has 0 aliphatic heterocycles. The number of nitrogens with zero attached hydrogens (tertiary/aromatic N) is 2. The van der Waals surface area contributed by atoms with E-state index in [1.165, 1.54) is 16.7 Å². The topological polar surface area (TPSA) is 53.2 Å². The molecule has 2 heterocycles. The van der Waals surface area contributed by atoms with Crippen LogP contribution in [0.15, 0.2) is 114 Å². The number of pyridine rings is 1. The van der Waals surface area contributed by atoms with Gasteiger partial charge in [-0.2, -0.15) is 0 Å². The van der Waals surface area contributed by atoms with Crippen molar-refractivity contribution in [3.63, 3.8) is 0 Å². The lowest BCUT2D eigenvalue weighted by Crippen LogP contribution is -2.20. The van der Waals surface area contributed by atoms with Crippen molar-refractivity contribution >= 4 is 16.9 Å². The summed E-state index contributed by atoms with van der Waals surface area (Å²) in [6.07, 6.45) is 5.61. The molecule has 2 aromatic heterocycles. The average Bonchev–Trinajstić information content (AvgIpc) is 3.35. The molecule has 0 atom stereocenters. The summed E-state index contributed by atoms with van der Waals surface area (Å²) in [7, 11) is 0. The predicted molar refractivity (Wildman–Crippen MR) is 151 cm³/mol. The lowest BCUT2D eigenvalue weighted by molar-refractivity contribution is -0.143. The molecule has 0 aliphatic carbocycles. The Bertz CT molecular complexity index is 1530. The second-order valence-corrected chi connectivity index (χ2v) is 9.45. The quantitative estimate of drug-likeness (QED) is 0.214. The highest BCUT2D eigenvalue weighted by Crippen LogP contribution is 2.31. The van der Waals surface area contributed by atoms with E-state index in [0.29, 0.717) is 13.2 Å². The predicted octanol–water partition coefficient (Wildman–Crippen LogP) is 6.18. The summed E-state index contributed by atoms with van der Waals surface area (Å²) >= 11 is 0. The first kappa shape index (κ1) is 25.3. The summed E-state index contributed by atoms with van der Waals surface area (Å²) in [4.78, 5) is 24.8. The number of rotatable bonds is 10. The summed E-state index contributed by atoms with van der Waals surface area (Å²) in [6.45, 7) is 3.02. The number of carbonyl (C=O) groups is 1. The monoisotopic (exact) mass is 504 g/mol. The Morgan fingerprint density at radius 3 is 2.18 bits per heavy atom. The molecule has 0 saturated carbocycles. The minimum absolute atomic E-state index is 0.00687. The van der Waals surface area contributed by atoms with E-state index >= 15 is 0 Å². The minimum atomic E-state index is -0.237. The highest BCUT2D eigenvalue weighted by atomic mass is 16.5. The minimum Gasteiger partial charge on any atom is -0.465 e. The number of aromatic nitrogens is 2. The van der Waals surface area contributed by atoms with E-state index in [2.05, 4.69) is 60.7 Å². The van der Waals surface area contributed by atoms with E-state index in [1.807, 2.05) is 58.8 Å². The van der Waals surface area contributed by atoms with Crippen molar-refractivity contribution in [2.24, 2.45) is 0 Å². The second kappa shape index (κ2) is 11.8. The molecule has 0 N–H and O–H groups in total. The maximum Gasteiger partial charge on any atom is 0.325 e. The molecule has 0 fully saturated rings. The summed E-state index contributed by atoms with van der Waals surface area (Å²) < 4.78 is 8.87. The molecule has 3 aromatic carbocycles. The Labute approximate surface area is 222 Å². The number of aryl methyl sites for hydroxylation is 2. The van der Waals surface area contributed by atoms with Crippen molar-refractivity contribution in [2.45, 2.75) is 38.8 Å². The van der Waals surface area contributed by atoms with Crippen LogP contribution in [0.5, 0.6) is 0 Å². The van der Waals surface area contributed by atoms with Crippen molar-refractivity contribution in [2.75, 3.05) is 6.61 Å². The van der Waals surface area contributed by atoms with Gasteiger partial charge in [-0.1, -0.05) is 78.9 Å². The molecule has 5 nitrogen and oxygen atoms in total. The third-order valence-electron chi connectivity index (χ3n) is 6.96. The normalized spacial score (nSPS) is 11.2. The van der Waals surface area contributed by atoms with Crippen LogP contribution >= 0.6 is 0 Å². The summed E-state index contributed by atoms with van der Waals surface area (Å²) in [5.41, 5.74) is 5.72. The van der Waals surface area contributed by atoms with Gasteiger partial charge >= 0.3 is 5.97 Å². The van der Waals surface area contributed by atoms with Crippen molar-refractivity contribution < 1.29 is 9.53 Å². The number of fused-ring (bicyclic) bond motifs is 1. The third-order valence-corrected chi connectivity index (χ3v) is 6.96. The van der Waals surface area contributed by atoms with E-state index < -0.39 is 0 Å². The first-order valence-electron chi connectivity index (χ1n) is 13.2. The highest BCUT2D eigenvalue weighted by Gasteiger charge is 2.17. The molecule has 38 heavy (non-hydrogen) atoms. The van der Waals surface area contributed by atoms with Crippen LogP contribution in [0.1, 0.15) is 41.5 Å². The van der Waals surface area contributed by atoms with Gasteiger partial charge in [0.2, 0.25) is 0 Å². The first-order chi connectivity index (χ1) is 18.6. The number of hydrogen-bond acceptors (Lipinski definition) is 3. The molecule has 192 valence electrons. The van der Waals surface area contributed by atoms with Crippen molar-refractivity contribution in [1.29, 1.82) is 0 Å². The number of ether oxygens (including phenoxy) is 1. The fourth-order valence-corrected chi connectivity index (χ4v) is 5.19. The van der Waals surface area contributed by atoms with Gasteiger partial charge in [-0.05, 0) is 54.2 Å². The standard InChI is InChI=1S/C33H32N2O3/c1-2-38-32(37)24-34-22-20-29-25(15-9-17-30(29)34)16-10-21-35-23-28(18-19-31(35)36)33(26-11-5-3-6-12-26)27-13-7-4-8-14-27/h3-9,11-15,17-20,22-23,33H,2,10,16,21,24H2,1H3. The molecule has 5 aromatic rings. The SMILES string of the molecule is CCOC(=O)Cn1ccc2c(CCCn3cc(C(c4ccccc4)c4ccccc4)ccc3=O)cccc21. The molecule has 5 rings (SSSR count). The number of esters is 1. The van der Waals surface area contributed by atoms with Gasteiger partial charge in [-0.3, -0.25) is 9.59 Å². The van der Waals surface area contributed by atoms with E-state index in [1.54, 1.807) is 6.07 Å². The van der Waals surface area contributed by atoms with Gasteiger partial charge in [-0.25, -0.2) is 0 Å². The Morgan fingerprint density at radius 2 is 1.50 bits per heavy atom. The Morgan fingerprint density at radius 1 is 0.789 bits per heavy atom. The average molecular weight is 505 g/mol. The van der Waals surface area contributed by atoms with Crippen LogP contribution in [-0.2, 0) is 29.0 Å². The molecule has 5 heteroatoms. The molecule has 0 radical (unpaired) electrons. The van der Waals surface area contributed by atoms with E-state index in [4.69, 9.17) is 4.74 Å². The lowest BCUT2D eigenvalue weighted by Gasteiger charge is -2.20. The van der Waals surface area contributed by atoms with E-state index in [9.17, 15) is 9.59 Å². The zero-order valence-corrected chi connectivity index (χ0v) is 21.6. The highest BCUT2D eigenvalue weighted by molar-refractivity contribution is 5.85. The van der Waals surface area contributed by atoms with Crippen molar-refractivity contribution in [3.05, 3.63) is 142 Å². The van der Waals surface area contributed by atoms with Crippen molar-refractivity contribution in [3.8, 4) is 0 Å². The third kappa shape index (κ3) is 5.62. The number of carbonyl (C=O) groups excluding carboxylic acids is 1. The molecule has 0 spiro atoms. The van der Waals surface area contributed by atoms with Gasteiger partial charge in [0, 0.05) is 41.8 Å². The van der Waals surface area contributed by atoms with Crippen LogP contribution in [0, 0.1) is 0 Å². The Kier molecular flexibility index (Phi) is 7.84. The zero-order chi connectivity index (χ0) is 26.3. The molecule has 0 unspecified atom stereocenters. The van der Waals surface area contributed by atoms with Gasteiger partial charge in [0.25, 0.3) is 5.56 Å². The number of hydrogen-bond donors (Lipinski definition) is 0. The van der Waals surface area contributed by atoms with Gasteiger partial charge < -0.3 is 13.9 Å². The van der Waals surface area contributed by atoms with E-state index in [0.717, 1.165) is 29.3 Å². The second-order valence-electron chi connectivity index (χ2n) is 9.45. The van der Waals surface area contributed by atoms with E-state index in [-0.39, 0.29) is 24.0 Å². The molecular weight excluding hydrogens is 472 g/mol. The van der Waals surface area contributed by atoms with Crippen LogP contribution in [0.4, 0.5) is 0 Å². The van der Waals surface area contributed by atoms with Gasteiger partial charge in [0.1, 0.15) is 6.54 Å². The summed E-state index contributed by atoms with van der Waals surface area (Å²) in [5.74, 6) is -0.184. The van der Waals surface area contributed by atoms with Crippen LogP contribution in [-0.4, -0.2) is 21.7 Å². The Balaban J connectivity index is 1.35. The summed E-state index contributed by atoms with van der Waals surface area (Å²) in [6, 6.07) is 32.7. The van der Waals surface area contributed by atoms with Crippen LogP contribution < -0.4 is 5.56 Å². The molecular formula is C33H32N2O3. The van der Waals surface area contributed by atoms with Gasteiger partial charge in [0.15, 0.2) is 0 Å². The Hall–Kier alpha value is -4.38.